The van der Waals surface area contributed by atoms with Crippen LogP contribution in [0.5, 0.6) is 0 Å². The summed E-state index contributed by atoms with van der Waals surface area (Å²) in [4.78, 5) is 3.87. The lowest BCUT2D eigenvalue weighted by atomic mass is 10.0. The van der Waals surface area contributed by atoms with Gasteiger partial charge in [-0.1, -0.05) is 30.3 Å². The van der Waals surface area contributed by atoms with E-state index in [1.54, 1.807) is 37.3 Å². The molecule has 3 nitrogen and oxygen atoms in total. The third kappa shape index (κ3) is 3.62. The number of hydrogen-bond donors (Lipinski definition) is 0. The molecule has 1 heterocycles. The Morgan fingerprint density at radius 2 is 1.95 bits per heavy atom. The zero-order valence-electron chi connectivity index (χ0n) is 10.4. The Labute approximate surface area is 109 Å². The van der Waals surface area contributed by atoms with E-state index in [4.69, 9.17) is 9.47 Å². The molecule has 1 aliphatic rings. The third-order valence-electron chi connectivity index (χ3n) is 2.68. The molecule has 0 aromatic heterocycles. The molecule has 2 atom stereocenters. The van der Waals surface area contributed by atoms with Gasteiger partial charge in [-0.2, -0.15) is 13.2 Å². The molecule has 0 radical (unpaired) electrons. The van der Waals surface area contributed by atoms with E-state index in [-0.39, 0.29) is 6.08 Å². The Balaban J connectivity index is 2.18. The van der Waals surface area contributed by atoms with Crippen LogP contribution in [0.1, 0.15) is 25.0 Å². The monoisotopic (exact) mass is 273 g/mol. The van der Waals surface area contributed by atoms with Crippen molar-refractivity contribution in [2.45, 2.75) is 31.7 Å². The molecule has 0 spiro atoms. The first kappa shape index (κ1) is 13.7. The smallest absolute Gasteiger partial charge is 0.391 e. The summed E-state index contributed by atoms with van der Waals surface area (Å²) in [6.07, 6.45) is -6.12. The van der Waals surface area contributed by atoms with Crippen LogP contribution in [0.15, 0.2) is 35.3 Å². The van der Waals surface area contributed by atoms with Gasteiger partial charge in [0.15, 0.2) is 6.10 Å². The van der Waals surface area contributed by atoms with Gasteiger partial charge in [0.1, 0.15) is 6.04 Å². The molecule has 0 saturated carbocycles. The Hall–Kier alpha value is -1.72. The van der Waals surface area contributed by atoms with Gasteiger partial charge >= 0.3 is 12.3 Å². The fourth-order valence-electron chi connectivity index (χ4n) is 1.94. The normalized spacial score (nSPS) is 22.8. The molecule has 1 aromatic rings. The van der Waals surface area contributed by atoms with E-state index in [1.165, 1.54) is 0 Å². The molecule has 0 amide bonds. The van der Waals surface area contributed by atoms with Crippen LogP contribution in [-0.2, 0) is 9.47 Å². The second-order valence-electron chi connectivity index (χ2n) is 4.16. The van der Waals surface area contributed by atoms with E-state index in [9.17, 15) is 13.2 Å². The minimum atomic E-state index is -4.29. The average Bonchev–Trinajstić information content (AvgIpc) is 2.71. The minimum absolute atomic E-state index is 0.0643. The summed E-state index contributed by atoms with van der Waals surface area (Å²) in [5.41, 5.74) is 0.662. The molecule has 0 unspecified atom stereocenters. The molecule has 0 fully saturated rings. The van der Waals surface area contributed by atoms with Crippen molar-refractivity contribution in [2.24, 2.45) is 4.99 Å². The maximum absolute atomic E-state index is 12.5. The quantitative estimate of drug-likeness (QED) is 0.844. The number of hydrogen-bond acceptors (Lipinski definition) is 3. The molecular weight excluding hydrogens is 259 g/mol. The van der Waals surface area contributed by atoms with Gasteiger partial charge in [0.2, 0.25) is 0 Å². The molecule has 0 N–H and O–H groups in total. The summed E-state index contributed by atoms with van der Waals surface area (Å²) in [5, 5.41) is 0. The van der Waals surface area contributed by atoms with Gasteiger partial charge in [-0.3, -0.25) is 0 Å². The van der Waals surface area contributed by atoms with Crippen molar-refractivity contribution >= 4 is 6.08 Å². The minimum Gasteiger partial charge on any atom is -0.451 e. The Bertz CT molecular complexity index is 445. The topological polar surface area (TPSA) is 30.8 Å². The Morgan fingerprint density at radius 1 is 1.26 bits per heavy atom. The summed E-state index contributed by atoms with van der Waals surface area (Å²) < 4.78 is 48.1. The molecule has 0 bridgehead atoms. The molecule has 1 aliphatic heterocycles. The summed E-state index contributed by atoms with van der Waals surface area (Å²) >= 11 is 0. The van der Waals surface area contributed by atoms with Crippen molar-refractivity contribution in [3.63, 3.8) is 0 Å². The van der Waals surface area contributed by atoms with Crippen LogP contribution in [-0.4, -0.2) is 24.9 Å². The molecule has 19 heavy (non-hydrogen) atoms. The van der Waals surface area contributed by atoms with Crippen molar-refractivity contribution < 1.29 is 22.6 Å². The van der Waals surface area contributed by atoms with Crippen molar-refractivity contribution in [3.05, 3.63) is 35.9 Å². The molecule has 0 saturated heterocycles. The van der Waals surface area contributed by atoms with E-state index in [0.717, 1.165) is 0 Å². The highest BCUT2D eigenvalue weighted by molar-refractivity contribution is 5.69. The van der Waals surface area contributed by atoms with Crippen molar-refractivity contribution in [1.29, 1.82) is 0 Å². The van der Waals surface area contributed by atoms with E-state index in [0.29, 0.717) is 12.2 Å². The maximum atomic E-state index is 12.5. The van der Waals surface area contributed by atoms with E-state index < -0.39 is 24.7 Å². The van der Waals surface area contributed by atoms with Crippen molar-refractivity contribution in [1.82, 2.24) is 0 Å². The largest absolute Gasteiger partial charge is 0.451 e. The van der Waals surface area contributed by atoms with Gasteiger partial charge in [0.05, 0.1) is 13.0 Å². The van der Waals surface area contributed by atoms with Gasteiger partial charge in [0.25, 0.3) is 0 Å². The summed E-state index contributed by atoms with van der Waals surface area (Å²) in [7, 11) is 0. The van der Waals surface area contributed by atoms with Gasteiger partial charge in [0, 0.05) is 0 Å². The number of rotatable bonds is 3. The number of ether oxygens (including phenoxy) is 2. The maximum Gasteiger partial charge on any atom is 0.391 e. The predicted octanol–water partition coefficient (Wildman–Crippen LogP) is 3.47. The summed E-state index contributed by atoms with van der Waals surface area (Å²) in [6, 6.07) is 7.74. The number of benzene rings is 1. The van der Waals surface area contributed by atoms with Crippen molar-refractivity contribution in [2.75, 3.05) is 6.61 Å². The third-order valence-corrected chi connectivity index (χ3v) is 2.68. The number of aliphatic imine (C=N–C) groups is 1. The Kier molecular flexibility index (Phi) is 3.97. The summed E-state index contributed by atoms with van der Waals surface area (Å²) in [5.74, 6) is 0. The SMILES string of the molecule is CCOC1=N[C@@H](CC(F)(F)F)[C@H](c2ccccc2)O1. The molecular formula is C13H14F3NO2. The summed E-state index contributed by atoms with van der Waals surface area (Å²) in [6.45, 7) is 2.03. The lowest BCUT2D eigenvalue weighted by Crippen LogP contribution is -2.22. The number of alkyl halides is 3. The lowest BCUT2D eigenvalue weighted by molar-refractivity contribution is -0.141. The second kappa shape index (κ2) is 5.50. The molecule has 104 valence electrons. The second-order valence-corrected chi connectivity index (χ2v) is 4.16. The fourth-order valence-corrected chi connectivity index (χ4v) is 1.94. The molecule has 2 rings (SSSR count). The van der Waals surface area contributed by atoms with Crippen LogP contribution in [0.4, 0.5) is 13.2 Å². The number of halogens is 3. The van der Waals surface area contributed by atoms with Gasteiger partial charge in [-0.25, -0.2) is 4.99 Å². The molecule has 6 heteroatoms. The zero-order chi connectivity index (χ0) is 13.9. The number of nitrogens with zero attached hydrogens (tertiary/aromatic N) is 1. The standard InChI is InChI=1S/C13H14F3NO2/c1-2-18-12-17-10(8-13(14,15)16)11(19-12)9-6-4-3-5-7-9/h3-7,10-11H,2,8H2,1H3/t10-,11-/m0/s1. The van der Waals surface area contributed by atoms with Gasteiger partial charge in [-0.05, 0) is 12.5 Å². The highest BCUT2D eigenvalue weighted by Crippen LogP contribution is 2.36. The molecule has 0 aliphatic carbocycles. The van der Waals surface area contributed by atoms with Crippen LogP contribution in [0.2, 0.25) is 0 Å². The predicted molar refractivity (Wildman–Crippen MR) is 63.8 cm³/mol. The van der Waals surface area contributed by atoms with E-state index >= 15 is 0 Å². The first-order chi connectivity index (χ1) is 8.99. The fraction of sp³-hybridized carbons (Fsp3) is 0.462. The first-order valence-electron chi connectivity index (χ1n) is 5.98. The van der Waals surface area contributed by atoms with Gasteiger partial charge in [-0.15, -0.1) is 0 Å². The van der Waals surface area contributed by atoms with Crippen molar-refractivity contribution in [3.8, 4) is 0 Å². The van der Waals surface area contributed by atoms with Crippen LogP contribution in [0.25, 0.3) is 0 Å². The highest BCUT2D eigenvalue weighted by Gasteiger charge is 2.41. The lowest BCUT2D eigenvalue weighted by Gasteiger charge is -2.18. The Morgan fingerprint density at radius 3 is 2.53 bits per heavy atom. The van der Waals surface area contributed by atoms with Crippen LogP contribution < -0.4 is 0 Å². The van der Waals surface area contributed by atoms with Crippen LogP contribution >= 0.6 is 0 Å². The highest BCUT2D eigenvalue weighted by atomic mass is 19.4. The average molecular weight is 273 g/mol. The first-order valence-corrected chi connectivity index (χ1v) is 5.98. The zero-order valence-corrected chi connectivity index (χ0v) is 10.4. The van der Waals surface area contributed by atoms with Gasteiger partial charge < -0.3 is 9.47 Å². The van der Waals surface area contributed by atoms with E-state index in [1.807, 2.05) is 0 Å². The molecule has 1 aromatic carbocycles. The van der Waals surface area contributed by atoms with E-state index in [2.05, 4.69) is 4.99 Å². The van der Waals surface area contributed by atoms with Crippen LogP contribution in [0.3, 0.4) is 0 Å². The van der Waals surface area contributed by atoms with Crippen LogP contribution in [0, 0.1) is 0 Å².